The molecule has 2 aliphatic heterocycles. The molecule has 2 fully saturated rings. The number of carbonyl (C=O) groups excluding carboxylic acids is 1. The molecule has 2 saturated heterocycles. The minimum absolute atomic E-state index is 0.250. The van der Waals surface area contributed by atoms with Gasteiger partial charge in [-0.1, -0.05) is 299 Å². The molecule has 14 nitrogen and oxygen atoms in total. The predicted octanol–water partition coefficient (Wildman–Crippen LogP) is 16.0. The molecule has 526 valence electrons. The molecule has 0 radical (unpaired) electrons. The smallest absolute Gasteiger partial charge is 0.220 e. The lowest BCUT2D eigenvalue weighted by Gasteiger charge is -2.46. The molecule has 14 heteroatoms. The summed E-state index contributed by atoms with van der Waals surface area (Å²) in [7, 11) is 0. The van der Waals surface area contributed by atoms with E-state index in [1.807, 2.05) is 6.08 Å². The Hall–Kier alpha value is -2.31. The van der Waals surface area contributed by atoms with Gasteiger partial charge in [-0.25, -0.2) is 0 Å². The number of aliphatic hydroxyl groups excluding tert-OH is 8. The molecule has 90 heavy (non-hydrogen) atoms. The van der Waals surface area contributed by atoms with E-state index in [2.05, 4.69) is 67.8 Å². The summed E-state index contributed by atoms with van der Waals surface area (Å²) in [6.45, 7) is 2.81. The predicted molar refractivity (Wildman–Crippen MR) is 369 cm³/mol. The second-order valence-corrected chi connectivity index (χ2v) is 26.4. The van der Waals surface area contributed by atoms with Gasteiger partial charge in [-0.15, -0.1) is 0 Å². The third-order valence-electron chi connectivity index (χ3n) is 18.2. The van der Waals surface area contributed by atoms with Gasteiger partial charge < -0.3 is 65.1 Å². The molecule has 9 N–H and O–H groups in total. The second kappa shape index (κ2) is 60.4. The van der Waals surface area contributed by atoms with Crippen molar-refractivity contribution in [2.24, 2.45) is 0 Å². The lowest BCUT2D eigenvalue weighted by atomic mass is 9.97. The summed E-state index contributed by atoms with van der Waals surface area (Å²) in [6, 6.07) is -0.941. The molecule has 2 rings (SSSR count). The van der Waals surface area contributed by atoms with Crippen LogP contribution in [-0.2, 0) is 23.7 Å². The average Bonchev–Trinajstić information content (AvgIpc) is 1.41. The normalized spacial score (nSPS) is 23.2. The minimum atomic E-state index is -1.79. The highest BCUT2D eigenvalue weighted by Gasteiger charge is 2.51. The van der Waals surface area contributed by atoms with Crippen molar-refractivity contribution in [2.45, 2.75) is 396 Å². The molecule has 12 atom stereocenters. The lowest BCUT2D eigenvalue weighted by molar-refractivity contribution is -0.359. The Morgan fingerprint density at radius 1 is 0.400 bits per heavy atom. The van der Waals surface area contributed by atoms with Crippen LogP contribution < -0.4 is 5.32 Å². The summed E-state index contributed by atoms with van der Waals surface area (Å²) in [6.07, 6.45) is 64.3. The molecular formula is C76H139NO13. The maximum Gasteiger partial charge on any atom is 0.220 e. The molecular weight excluding hydrogens is 1130 g/mol. The molecule has 0 aliphatic carbocycles. The van der Waals surface area contributed by atoms with Gasteiger partial charge in [0, 0.05) is 6.42 Å². The van der Waals surface area contributed by atoms with Crippen molar-refractivity contribution < 1.29 is 64.6 Å². The molecule has 0 bridgehead atoms. The molecule has 0 aromatic carbocycles. The first-order valence-corrected chi connectivity index (χ1v) is 37.5. The van der Waals surface area contributed by atoms with Crippen LogP contribution in [0.15, 0.2) is 60.8 Å². The SMILES string of the molecule is CCCCCCC/C=C\C/C=C\CCCCCCCCCCCCCCCCCC(=O)NC(COC1OC(CO)C(OC2OC(CO)C(O)C(O)C2O)C(O)C1O)C(O)/C=C/CC/C=C/CC/C=C/CCCCCCCCCCCCCCCCCCCCC. The second-order valence-electron chi connectivity index (χ2n) is 26.4. The van der Waals surface area contributed by atoms with E-state index in [1.54, 1.807) is 6.08 Å². The maximum atomic E-state index is 13.3. The monoisotopic (exact) mass is 1270 g/mol. The van der Waals surface area contributed by atoms with Gasteiger partial charge in [-0.2, -0.15) is 0 Å². The Balaban J connectivity index is 1.68. The van der Waals surface area contributed by atoms with Gasteiger partial charge in [-0.05, 0) is 77.0 Å². The average molecular weight is 1270 g/mol. The van der Waals surface area contributed by atoms with E-state index < -0.39 is 86.8 Å². The Labute approximate surface area is 549 Å². The highest BCUT2D eigenvalue weighted by atomic mass is 16.7. The van der Waals surface area contributed by atoms with Crippen molar-refractivity contribution in [3.63, 3.8) is 0 Å². The zero-order chi connectivity index (χ0) is 65.2. The van der Waals surface area contributed by atoms with Gasteiger partial charge in [0.1, 0.15) is 48.8 Å². The van der Waals surface area contributed by atoms with E-state index in [1.165, 1.54) is 238 Å². The van der Waals surface area contributed by atoms with E-state index in [-0.39, 0.29) is 18.9 Å². The molecule has 2 aliphatic rings. The Bertz CT molecular complexity index is 1740. The van der Waals surface area contributed by atoms with Crippen LogP contribution in [0.3, 0.4) is 0 Å². The summed E-state index contributed by atoms with van der Waals surface area (Å²) < 4.78 is 22.9. The molecule has 0 spiro atoms. The maximum absolute atomic E-state index is 13.3. The number of hydrogen-bond acceptors (Lipinski definition) is 13. The topological polar surface area (TPSA) is 228 Å². The van der Waals surface area contributed by atoms with Crippen LogP contribution in [0, 0.1) is 0 Å². The summed E-state index contributed by atoms with van der Waals surface area (Å²) in [5, 5.41) is 87.5. The van der Waals surface area contributed by atoms with Crippen molar-refractivity contribution in [3.8, 4) is 0 Å². The molecule has 12 unspecified atom stereocenters. The fourth-order valence-electron chi connectivity index (χ4n) is 12.2. The van der Waals surface area contributed by atoms with Crippen LogP contribution >= 0.6 is 0 Å². The molecule has 0 saturated carbocycles. The standard InChI is InChI=1S/C76H139NO13/c1-3-5-7-9-11-13-15-17-19-21-23-25-27-29-31-32-34-35-37-39-41-43-45-47-49-51-53-55-57-59-65(80)64(63-87-75-73(86)71(84)74(67(62-79)89-75)90-76-72(85)70(83)69(82)66(61-78)88-76)77-68(81)60-58-56-54-52-50-48-46-44-42-40-38-36-33-30-28-26-24-22-20-18-16-14-12-10-8-6-4-2/h16,18,22,24,41,43,49,51,57,59,64-67,69-76,78-80,82-86H,3-15,17,19-21,23,25-40,42,44-48,50,52-56,58,60-63H2,1-2H3,(H,77,81)/b18-16-,24-22-,43-41+,51-49+,59-57+. The number of allylic oxidation sites excluding steroid dienone is 9. The first-order valence-electron chi connectivity index (χ1n) is 37.5. The van der Waals surface area contributed by atoms with Crippen LogP contribution in [-0.4, -0.2) is 140 Å². The summed E-state index contributed by atoms with van der Waals surface area (Å²) in [5.74, 6) is -0.250. The molecule has 2 heterocycles. The van der Waals surface area contributed by atoms with E-state index in [0.717, 1.165) is 51.4 Å². The van der Waals surface area contributed by atoms with Gasteiger partial charge in [0.05, 0.1) is 32.0 Å². The Morgan fingerprint density at radius 2 is 0.744 bits per heavy atom. The third-order valence-corrected chi connectivity index (χ3v) is 18.2. The van der Waals surface area contributed by atoms with E-state index in [9.17, 15) is 45.6 Å². The Kier molecular flexibility index (Phi) is 56.2. The molecule has 0 aromatic heterocycles. The van der Waals surface area contributed by atoms with Crippen molar-refractivity contribution >= 4 is 5.91 Å². The van der Waals surface area contributed by atoms with Gasteiger partial charge in [0.2, 0.25) is 5.91 Å². The quantitative estimate of drug-likeness (QED) is 0.0204. The first-order chi connectivity index (χ1) is 44.1. The van der Waals surface area contributed by atoms with Crippen molar-refractivity contribution in [3.05, 3.63) is 60.8 Å². The summed E-state index contributed by atoms with van der Waals surface area (Å²) in [5.41, 5.74) is 0. The number of unbranched alkanes of at least 4 members (excludes halogenated alkanes) is 41. The fraction of sp³-hybridized carbons (Fsp3) is 0.855. The van der Waals surface area contributed by atoms with E-state index in [4.69, 9.17) is 18.9 Å². The van der Waals surface area contributed by atoms with E-state index >= 15 is 0 Å². The van der Waals surface area contributed by atoms with Gasteiger partial charge >= 0.3 is 0 Å². The minimum Gasteiger partial charge on any atom is -0.394 e. The third kappa shape index (κ3) is 43.6. The summed E-state index contributed by atoms with van der Waals surface area (Å²) >= 11 is 0. The van der Waals surface area contributed by atoms with Crippen molar-refractivity contribution in [1.82, 2.24) is 5.32 Å². The zero-order valence-electron chi connectivity index (χ0n) is 57.4. The number of amides is 1. The van der Waals surface area contributed by atoms with Crippen molar-refractivity contribution in [1.29, 1.82) is 0 Å². The first kappa shape index (κ1) is 83.8. The number of ether oxygens (including phenoxy) is 4. The molecule has 1 amide bonds. The van der Waals surface area contributed by atoms with Gasteiger partial charge in [0.25, 0.3) is 0 Å². The van der Waals surface area contributed by atoms with E-state index in [0.29, 0.717) is 12.8 Å². The van der Waals surface area contributed by atoms with Gasteiger partial charge in [0.15, 0.2) is 12.6 Å². The number of rotatable bonds is 62. The molecule has 0 aromatic rings. The van der Waals surface area contributed by atoms with Crippen LogP contribution in [0.1, 0.15) is 322 Å². The summed E-state index contributed by atoms with van der Waals surface area (Å²) in [4.78, 5) is 13.3. The van der Waals surface area contributed by atoms with Crippen LogP contribution in [0.2, 0.25) is 0 Å². The van der Waals surface area contributed by atoms with Crippen molar-refractivity contribution in [2.75, 3.05) is 19.8 Å². The van der Waals surface area contributed by atoms with Crippen LogP contribution in [0.25, 0.3) is 0 Å². The Morgan fingerprint density at radius 3 is 1.16 bits per heavy atom. The number of aliphatic hydroxyl groups is 8. The highest BCUT2D eigenvalue weighted by molar-refractivity contribution is 5.76. The number of carbonyl (C=O) groups is 1. The van der Waals surface area contributed by atoms with Crippen LogP contribution in [0.4, 0.5) is 0 Å². The fourth-order valence-corrected chi connectivity index (χ4v) is 12.2. The lowest BCUT2D eigenvalue weighted by Crippen LogP contribution is -2.65. The number of nitrogens with one attached hydrogen (secondary N) is 1. The zero-order valence-corrected chi connectivity index (χ0v) is 57.4. The van der Waals surface area contributed by atoms with Crippen LogP contribution in [0.5, 0.6) is 0 Å². The highest BCUT2D eigenvalue weighted by Crippen LogP contribution is 2.30. The van der Waals surface area contributed by atoms with Gasteiger partial charge in [-0.3, -0.25) is 4.79 Å². The number of hydrogen-bond donors (Lipinski definition) is 9. The largest absolute Gasteiger partial charge is 0.394 e.